The van der Waals surface area contributed by atoms with Gasteiger partial charge in [0.15, 0.2) is 0 Å². The summed E-state index contributed by atoms with van der Waals surface area (Å²) in [7, 11) is -1.58. The fraction of sp³-hybridized carbons (Fsp3) is 0.632. The van der Waals surface area contributed by atoms with Gasteiger partial charge in [0.25, 0.3) is 0 Å². The molecule has 0 aliphatic carbocycles. The predicted octanol–water partition coefficient (Wildman–Crippen LogP) is 1.62. The summed E-state index contributed by atoms with van der Waals surface area (Å²) in [5, 5.41) is 0. The van der Waals surface area contributed by atoms with Crippen LogP contribution in [-0.2, 0) is 25.0 Å². The number of sulfonamides is 1. The summed E-state index contributed by atoms with van der Waals surface area (Å²) >= 11 is 0. The summed E-state index contributed by atoms with van der Waals surface area (Å²) in [6.45, 7) is 2.37. The minimum Gasteiger partial charge on any atom is -0.381 e. The molecule has 2 aliphatic heterocycles. The minimum absolute atomic E-state index is 0.0311. The van der Waals surface area contributed by atoms with Crippen LogP contribution < -0.4 is 0 Å². The number of carbonyl (C=O) groups is 1. The molecule has 26 heavy (non-hydrogen) atoms. The van der Waals surface area contributed by atoms with Crippen molar-refractivity contribution in [1.82, 2.24) is 9.21 Å². The zero-order valence-corrected chi connectivity index (χ0v) is 16.4. The van der Waals surface area contributed by atoms with Crippen LogP contribution in [0.3, 0.4) is 0 Å². The number of rotatable bonds is 4. The Morgan fingerprint density at radius 2 is 1.73 bits per heavy atom. The molecule has 0 spiro atoms. The topological polar surface area (TPSA) is 66.9 Å². The predicted molar refractivity (Wildman–Crippen MR) is 100 cm³/mol. The Balaban J connectivity index is 1.75. The van der Waals surface area contributed by atoms with Crippen molar-refractivity contribution in [2.45, 2.75) is 37.1 Å². The van der Waals surface area contributed by atoms with E-state index in [9.17, 15) is 13.2 Å². The SMILES string of the molecule is CN(C1CCN(C(=O)C2(c3ccccc3)CCOCC2)CC1)S(C)(=O)=O. The molecule has 7 heteroatoms. The first kappa shape index (κ1) is 19.3. The van der Waals surface area contributed by atoms with E-state index < -0.39 is 15.4 Å². The monoisotopic (exact) mass is 380 g/mol. The van der Waals surface area contributed by atoms with E-state index in [2.05, 4.69) is 0 Å². The van der Waals surface area contributed by atoms with Crippen LogP contribution in [0.25, 0.3) is 0 Å². The van der Waals surface area contributed by atoms with Gasteiger partial charge < -0.3 is 9.64 Å². The van der Waals surface area contributed by atoms with Gasteiger partial charge in [-0.15, -0.1) is 0 Å². The molecule has 0 radical (unpaired) electrons. The van der Waals surface area contributed by atoms with Crippen molar-refractivity contribution in [3.05, 3.63) is 35.9 Å². The molecular weight excluding hydrogens is 352 g/mol. The van der Waals surface area contributed by atoms with E-state index in [1.54, 1.807) is 7.05 Å². The molecule has 2 fully saturated rings. The van der Waals surface area contributed by atoms with Gasteiger partial charge >= 0.3 is 0 Å². The van der Waals surface area contributed by atoms with Gasteiger partial charge in [-0.05, 0) is 31.2 Å². The number of nitrogens with zero attached hydrogens (tertiary/aromatic N) is 2. The van der Waals surface area contributed by atoms with Crippen LogP contribution in [0.15, 0.2) is 30.3 Å². The Kier molecular flexibility index (Phi) is 5.69. The minimum atomic E-state index is -3.20. The highest BCUT2D eigenvalue weighted by atomic mass is 32.2. The Morgan fingerprint density at radius 3 is 2.27 bits per heavy atom. The van der Waals surface area contributed by atoms with Gasteiger partial charge in [0.2, 0.25) is 15.9 Å². The molecule has 0 unspecified atom stereocenters. The normalized spacial score (nSPS) is 21.7. The lowest BCUT2D eigenvalue weighted by Crippen LogP contribution is -2.54. The highest BCUT2D eigenvalue weighted by Gasteiger charge is 2.44. The van der Waals surface area contributed by atoms with Crippen molar-refractivity contribution in [3.63, 3.8) is 0 Å². The number of hydrogen-bond donors (Lipinski definition) is 0. The molecule has 0 saturated carbocycles. The molecule has 2 heterocycles. The summed E-state index contributed by atoms with van der Waals surface area (Å²) in [6, 6.07) is 9.96. The molecule has 0 N–H and O–H groups in total. The molecule has 1 amide bonds. The Morgan fingerprint density at radius 1 is 1.15 bits per heavy atom. The van der Waals surface area contributed by atoms with Crippen LogP contribution in [0, 0.1) is 0 Å². The molecule has 1 aromatic carbocycles. The lowest BCUT2D eigenvalue weighted by molar-refractivity contribution is -0.142. The maximum absolute atomic E-state index is 13.5. The van der Waals surface area contributed by atoms with Crippen molar-refractivity contribution in [3.8, 4) is 0 Å². The van der Waals surface area contributed by atoms with Gasteiger partial charge in [-0.3, -0.25) is 4.79 Å². The smallest absolute Gasteiger partial charge is 0.233 e. The molecular formula is C19H28N2O4S. The highest BCUT2D eigenvalue weighted by Crippen LogP contribution is 2.37. The average molecular weight is 381 g/mol. The van der Waals surface area contributed by atoms with Crippen LogP contribution in [0.2, 0.25) is 0 Å². The molecule has 3 rings (SSSR count). The van der Waals surface area contributed by atoms with E-state index in [0.29, 0.717) is 52.0 Å². The van der Waals surface area contributed by atoms with Gasteiger partial charge in [0.1, 0.15) is 0 Å². The molecule has 1 aromatic rings. The zero-order valence-electron chi connectivity index (χ0n) is 15.6. The molecule has 0 bridgehead atoms. The molecule has 0 atom stereocenters. The molecule has 2 saturated heterocycles. The summed E-state index contributed by atoms with van der Waals surface area (Å²) in [6.07, 6.45) is 3.97. The van der Waals surface area contributed by atoms with Gasteiger partial charge in [0.05, 0.1) is 11.7 Å². The standard InChI is InChI=1S/C19H28N2O4S/c1-20(26(2,23)24)17-8-12-21(13-9-17)18(22)19(10-14-25-15-11-19)16-6-4-3-5-7-16/h3-7,17H,8-15H2,1-2H3. The lowest BCUT2D eigenvalue weighted by atomic mass is 9.72. The van der Waals surface area contributed by atoms with Crippen molar-refractivity contribution < 1.29 is 17.9 Å². The first-order valence-electron chi connectivity index (χ1n) is 9.20. The van der Waals surface area contributed by atoms with E-state index in [4.69, 9.17) is 4.74 Å². The summed E-state index contributed by atoms with van der Waals surface area (Å²) < 4.78 is 30.5. The van der Waals surface area contributed by atoms with E-state index in [1.807, 2.05) is 35.2 Å². The number of likely N-dealkylation sites (tertiary alicyclic amines) is 1. The number of benzene rings is 1. The van der Waals surface area contributed by atoms with Crippen molar-refractivity contribution in [1.29, 1.82) is 0 Å². The maximum atomic E-state index is 13.5. The Labute approximate surface area is 156 Å². The fourth-order valence-corrected chi connectivity index (χ4v) is 4.86. The number of ether oxygens (including phenoxy) is 1. The van der Waals surface area contributed by atoms with Gasteiger partial charge in [-0.2, -0.15) is 0 Å². The third kappa shape index (κ3) is 3.80. The second-order valence-electron chi connectivity index (χ2n) is 7.36. The van der Waals surface area contributed by atoms with Crippen molar-refractivity contribution in [2.24, 2.45) is 0 Å². The zero-order chi connectivity index (χ0) is 18.8. The summed E-state index contributed by atoms with van der Waals surface area (Å²) in [5.74, 6) is 0.160. The van der Waals surface area contributed by atoms with E-state index in [-0.39, 0.29) is 11.9 Å². The number of piperidine rings is 1. The molecule has 6 nitrogen and oxygen atoms in total. The van der Waals surface area contributed by atoms with Crippen LogP contribution in [0.4, 0.5) is 0 Å². The summed E-state index contributed by atoms with van der Waals surface area (Å²) in [4.78, 5) is 15.4. The quantitative estimate of drug-likeness (QED) is 0.796. The van der Waals surface area contributed by atoms with Crippen LogP contribution in [0.1, 0.15) is 31.2 Å². The average Bonchev–Trinajstić information content (AvgIpc) is 2.67. The van der Waals surface area contributed by atoms with E-state index >= 15 is 0 Å². The van der Waals surface area contributed by atoms with Crippen LogP contribution >= 0.6 is 0 Å². The van der Waals surface area contributed by atoms with Gasteiger partial charge in [-0.1, -0.05) is 30.3 Å². The van der Waals surface area contributed by atoms with Crippen molar-refractivity contribution >= 4 is 15.9 Å². The van der Waals surface area contributed by atoms with Gasteiger partial charge in [-0.25, -0.2) is 12.7 Å². The number of hydrogen-bond acceptors (Lipinski definition) is 4. The summed E-state index contributed by atoms with van der Waals surface area (Å²) in [5.41, 5.74) is 0.540. The first-order chi connectivity index (χ1) is 12.3. The largest absolute Gasteiger partial charge is 0.381 e. The van der Waals surface area contributed by atoms with Crippen LogP contribution in [-0.4, -0.2) is 69.2 Å². The van der Waals surface area contributed by atoms with Crippen LogP contribution in [0.5, 0.6) is 0 Å². The Bertz CT molecular complexity index is 721. The third-order valence-corrected chi connectivity index (χ3v) is 7.22. The van der Waals surface area contributed by atoms with Gasteiger partial charge in [0, 0.05) is 39.4 Å². The molecule has 0 aromatic heterocycles. The lowest BCUT2D eigenvalue weighted by Gasteiger charge is -2.43. The maximum Gasteiger partial charge on any atom is 0.233 e. The fourth-order valence-electron chi connectivity index (χ4n) is 4.11. The second kappa shape index (κ2) is 7.66. The highest BCUT2D eigenvalue weighted by molar-refractivity contribution is 7.88. The number of carbonyl (C=O) groups excluding carboxylic acids is 1. The van der Waals surface area contributed by atoms with E-state index in [0.717, 1.165) is 5.56 Å². The molecule has 144 valence electrons. The molecule has 2 aliphatic rings. The number of amides is 1. The third-order valence-electron chi connectivity index (χ3n) is 5.87. The Hall–Kier alpha value is -1.44. The second-order valence-corrected chi connectivity index (χ2v) is 9.41. The van der Waals surface area contributed by atoms with E-state index in [1.165, 1.54) is 10.6 Å². The first-order valence-corrected chi connectivity index (χ1v) is 11.0. The van der Waals surface area contributed by atoms with Crippen molar-refractivity contribution in [2.75, 3.05) is 39.6 Å².